The highest BCUT2D eigenvalue weighted by molar-refractivity contribution is 7.97. The molecule has 0 aromatic heterocycles. The Labute approximate surface area is 155 Å². The molecule has 2 heterocycles. The molecule has 8 heteroatoms. The van der Waals surface area contributed by atoms with Gasteiger partial charge in [-0.3, -0.25) is 0 Å². The Bertz CT molecular complexity index is 583. The van der Waals surface area contributed by atoms with Crippen LogP contribution in [0.3, 0.4) is 0 Å². The predicted octanol–water partition coefficient (Wildman–Crippen LogP) is -1.15. The Morgan fingerprint density at radius 2 is 1.85 bits per heavy atom. The van der Waals surface area contributed by atoms with E-state index in [1.54, 1.807) is 0 Å². The fraction of sp³-hybridized carbons (Fsp3) is 0.667. The van der Waals surface area contributed by atoms with Gasteiger partial charge < -0.3 is 35.0 Å². The zero-order valence-electron chi connectivity index (χ0n) is 14.6. The van der Waals surface area contributed by atoms with E-state index in [1.807, 2.05) is 31.2 Å². The minimum atomic E-state index is -0.989. The SMILES string of the molecule is Cc1ccc(C2OC[C@@H](O)[C@@H]([C@H](O)C[S+]3C[C@@H](O)[C@H](O)[C@H]3CO)O2)cc1. The van der Waals surface area contributed by atoms with Crippen LogP contribution in [0.5, 0.6) is 0 Å². The van der Waals surface area contributed by atoms with Gasteiger partial charge in [0, 0.05) is 16.5 Å². The number of benzene rings is 1. The maximum atomic E-state index is 10.6. The molecule has 2 aliphatic rings. The fourth-order valence-corrected chi connectivity index (χ4v) is 6.09. The van der Waals surface area contributed by atoms with Crippen molar-refractivity contribution in [2.75, 3.05) is 24.7 Å². The van der Waals surface area contributed by atoms with Crippen molar-refractivity contribution in [1.82, 2.24) is 0 Å². The zero-order valence-corrected chi connectivity index (χ0v) is 15.5. The molecule has 1 aromatic carbocycles. The first-order valence-corrected chi connectivity index (χ1v) is 10.4. The van der Waals surface area contributed by atoms with Crippen molar-refractivity contribution in [2.24, 2.45) is 0 Å². The highest BCUT2D eigenvalue weighted by Crippen LogP contribution is 2.30. The summed E-state index contributed by atoms with van der Waals surface area (Å²) in [7, 11) is -0.563. The molecule has 0 aliphatic carbocycles. The van der Waals surface area contributed by atoms with Gasteiger partial charge in [0.15, 0.2) is 11.5 Å². The van der Waals surface area contributed by atoms with Gasteiger partial charge in [0.05, 0.1) is 13.2 Å². The Balaban J connectivity index is 1.65. The van der Waals surface area contributed by atoms with Crippen molar-refractivity contribution >= 4 is 10.9 Å². The molecule has 0 spiro atoms. The quantitative estimate of drug-likeness (QED) is 0.405. The van der Waals surface area contributed by atoms with Gasteiger partial charge in [0.2, 0.25) is 0 Å². The second kappa shape index (κ2) is 8.53. The molecule has 0 radical (unpaired) electrons. The standard InChI is InChI=1S/C18H27O7S/c1-10-2-4-11(5-3-10)18-24-7-12(20)17(25-18)14(22)9-26-8-13(21)16(23)15(26)6-19/h2-5,12-23H,6-9H2,1H3/q+1/t12-,13-,14-,15-,16+,17+,18?,26?/m1/s1. The van der Waals surface area contributed by atoms with Crippen molar-refractivity contribution in [3.05, 3.63) is 35.4 Å². The molecule has 2 aliphatic heterocycles. The van der Waals surface area contributed by atoms with Gasteiger partial charge in [-0.05, 0) is 6.92 Å². The van der Waals surface area contributed by atoms with Gasteiger partial charge in [-0.25, -0.2) is 0 Å². The molecule has 146 valence electrons. The lowest BCUT2D eigenvalue weighted by molar-refractivity contribution is -0.273. The zero-order chi connectivity index (χ0) is 18.8. The van der Waals surface area contributed by atoms with Crippen molar-refractivity contribution in [1.29, 1.82) is 0 Å². The summed E-state index contributed by atoms with van der Waals surface area (Å²) in [6.45, 7) is 1.77. The average Bonchev–Trinajstić information content (AvgIpc) is 2.89. The van der Waals surface area contributed by atoms with Gasteiger partial charge in [-0.2, -0.15) is 0 Å². The topological polar surface area (TPSA) is 120 Å². The molecule has 2 fully saturated rings. The molecule has 0 amide bonds. The minimum Gasteiger partial charge on any atom is -0.391 e. The van der Waals surface area contributed by atoms with E-state index in [1.165, 1.54) is 0 Å². The van der Waals surface area contributed by atoms with Crippen LogP contribution in [0.1, 0.15) is 17.4 Å². The van der Waals surface area contributed by atoms with Crippen LogP contribution < -0.4 is 0 Å². The van der Waals surface area contributed by atoms with E-state index in [0.29, 0.717) is 5.75 Å². The molecule has 8 atom stereocenters. The molecule has 7 nitrogen and oxygen atoms in total. The highest BCUT2D eigenvalue weighted by atomic mass is 32.2. The lowest BCUT2D eigenvalue weighted by Gasteiger charge is -2.36. The molecule has 0 saturated carbocycles. The predicted molar refractivity (Wildman–Crippen MR) is 96.7 cm³/mol. The Morgan fingerprint density at radius 1 is 1.15 bits per heavy atom. The average molecular weight is 387 g/mol. The smallest absolute Gasteiger partial charge is 0.184 e. The first-order valence-electron chi connectivity index (χ1n) is 8.73. The third-order valence-electron chi connectivity index (χ3n) is 4.96. The Kier molecular flexibility index (Phi) is 6.58. The van der Waals surface area contributed by atoms with Crippen LogP contribution >= 0.6 is 0 Å². The maximum absolute atomic E-state index is 10.6. The molecule has 5 N–H and O–H groups in total. The summed E-state index contributed by atoms with van der Waals surface area (Å²) in [6.07, 6.45) is -5.36. The molecule has 1 aromatic rings. The van der Waals surface area contributed by atoms with Crippen LogP contribution in [0.15, 0.2) is 24.3 Å². The second-order valence-corrected chi connectivity index (χ2v) is 9.31. The van der Waals surface area contributed by atoms with E-state index >= 15 is 0 Å². The first kappa shape index (κ1) is 20.0. The van der Waals surface area contributed by atoms with Crippen LogP contribution in [0, 0.1) is 6.92 Å². The Hall–Kier alpha value is -0.710. The van der Waals surface area contributed by atoms with Gasteiger partial charge >= 0.3 is 0 Å². The normalized spacial score (nSPS) is 39.1. The molecule has 26 heavy (non-hydrogen) atoms. The largest absolute Gasteiger partial charge is 0.391 e. The number of ether oxygens (including phenoxy) is 2. The molecule has 3 rings (SSSR count). The summed E-state index contributed by atoms with van der Waals surface area (Å²) in [6, 6.07) is 7.64. The van der Waals surface area contributed by atoms with E-state index in [4.69, 9.17) is 9.47 Å². The third kappa shape index (κ3) is 4.23. The summed E-state index contributed by atoms with van der Waals surface area (Å²) >= 11 is 0. The highest BCUT2D eigenvalue weighted by Gasteiger charge is 2.51. The molecular weight excluding hydrogens is 360 g/mol. The summed E-state index contributed by atoms with van der Waals surface area (Å²) < 4.78 is 11.4. The lowest BCUT2D eigenvalue weighted by atomic mass is 10.1. The van der Waals surface area contributed by atoms with Crippen LogP contribution in [0.2, 0.25) is 0 Å². The van der Waals surface area contributed by atoms with E-state index in [9.17, 15) is 25.5 Å². The van der Waals surface area contributed by atoms with Gasteiger partial charge in [0.25, 0.3) is 0 Å². The number of aryl methyl sites for hydroxylation is 1. The van der Waals surface area contributed by atoms with Crippen LogP contribution in [-0.2, 0) is 20.4 Å². The number of aliphatic hydroxyl groups is 5. The number of aliphatic hydroxyl groups excluding tert-OH is 5. The fourth-order valence-electron chi connectivity index (χ4n) is 3.40. The minimum absolute atomic E-state index is 0.0444. The molecule has 2 unspecified atom stereocenters. The molecule has 2 saturated heterocycles. The van der Waals surface area contributed by atoms with E-state index < -0.39 is 53.0 Å². The maximum Gasteiger partial charge on any atom is 0.184 e. The van der Waals surface area contributed by atoms with Crippen molar-refractivity contribution in [2.45, 2.75) is 49.0 Å². The Morgan fingerprint density at radius 3 is 2.50 bits per heavy atom. The van der Waals surface area contributed by atoms with E-state index in [0.717, 1.165) is 11.1 Å². The molecule has 0 bridgehead atoms. The molecular formula is C18H27O7S+. The number of hydrogen-bond donors (Lipinski definition) is 5. The summed E-state index contributed by atoms with van der Waals surface area (Å²) in [5, 5.41) is 49.6. The second-order valence-electron chi connectivity index (χ2n) is 6.96. The van der Waals surface area contributed by atoms with Gasteiger partial charge in [0.1, 0.15) is 42.0 Å². The van der Waals surface area contributed by atoms with E-state index in [-0.39, 0.29) is 19.0 Å². The monoisotopic (exact) mass is 387 g/mol. The summed E-state index contributed by atoms with van der Waals surface area (Å²) in [5.41, 5.74) is 1.91. The first-order chi connectivity index (χ1) is 12.4. The lowest BCUT2D eigenvalue weighted by Crippen LogP contribution is -2.50. The van der Waals surface area contributed by atoms with Crippen LogP contribution in [-0.4, -0.2) is 86.0 Å². The van der Waals surface area contributed by atoms with Gasteiger partial charge in [-0.15, -0.1) is 0 Å². The van der Waals surface area contributed by atoms with Gasteiger partial charge in [-0.1, -0.05) is 29.8 Å². The number of hydrogen-bond acceptors (Lipinski definition) is 7. The van der Waals surface area contributed by atoms with Crippen molar-refractivity contribution < 1.29 is 35.0 Å². The van der Waals surface area contributed by atoms with Crippen molar-refractivity contribution in [3.8, 4) is 0 Å². The van der Waals surface area contributed by atoms with E-state index in [2.05, 4.69) is 0 Å². The summed E-state index contributed by atoms with van der Waals surface area (Å²) in [5.74, 6) is 0.561. The van der Waals surface area contributed by atoms with Crippen LogP contribution in [0.25, 0.3) is 0 Å². The van der Waals surface area contributed by atoms with Crippen LogP contribution in [0.4, 0.5) is 0 Å². The summed E-state index contributed by atoms with van der Waals surface area (Å²) in [4.78, 5) is 0. The number of rotatable bonds is 5. The third-order valence-corrected chi connectivity index (χ3v) is 7.78. The van der Waals surface area contributed by atoms with Crippen molar-refractivity contribution in [3.63, 3.8) is 0 Å².